The summed E-state index contributed by atoms with van der Waals surface area (Å²) in [4.78, 5) is 15.7. The molecule has 7 nitrogen and oxygen atoms in total. The molecule has 0 bridgehead atoms. The molecule has 2 aliphatic rings. The normalized spacial score (nSPS) is 23.4. The Balaban J connectivity index is 1.90. The minimum atomic E-state index is -3.37. The largest absolute Gasteiger partial charge is 0.339 e. The van der Waals surface area contributed by atoms with Gasteiger partial charge in [0, 0.05) is 52.4 Å². The molecule has 1 amide bonds. The lowest BCUT2D eigenvalue weighted by Gasteiger charge is -2.39. The van der Waals surface area contributed by atoms with Crippen LogP contribution in [-0.2, 0) is 15.0 Å². The third-order valence-corrected chi connectivity index (χ3v) is 6.55. The number of nitrogens with zero attached hydrogens (tertiary/aromatic N) is 4. The summed E-state index contributed by atoms with van der Waals surface area (Å²) in [6.07, 6.45) is 1.89. The van der Waals surface area contributed by atoms with Gasteiger partial charge >= 0.3 is 0 Å². The topological polar surface area (TPSA) is 64.2 Å². The third kappa shape index (κ3) is 4.10. The van der Waals surface area contributed by atoms with Gasteiger partial charge in [-0.1, -0.05) is 0 Å². The molecule has 21 heavy (non-hydrogen) atoms. The molecule has 2 rings (SSSR count). The summed E-state index contributed by atoms with van der Waals surface area (Å²) in [5.41, 5.74) is 0. The van der Waals surface area contributed by atoms with Crippen molar-refractivity contribution in [2.75, 3.05) is 71.4 Å². The molecule has 0 spiro atoms. The number of hydrogen-bond donors (Lipinski definition) is 0. The minimum Gasteiger partial charge on any atom is -0.339 e. The van der Waals surface area contributed by atoms with Gasteiger partial charge in [0.05, 0.1) is 5.75 Å². The van der Waals surface area contributed by atoms with E-state index in [4.69, 9.17) is 0 Å². The molecule has 0 N–H and O–H groups in total. The first-order valence-corrected chi connectivity index (χ1v) is 9.94. The molecule has 0 aromatic heterocycles. The lowest BCUT2D eigenvalue weighted by molar-refractivity contribution is -0.129. The fourth-order valence-corrected chi connectivity index (χ4v) is 4.57. The van der Waals surface area contributed by atoms with Crippen LogP contribution >= 0.6 is 11.8 Å². The Morgan fingerprint density at radius 1 is 0.952 bits per heavy atom. The zero-order valence-electron chi connectivity index (χ0n) is 12.7. The average molecular weight is 336 g/mol. The number of rotatable bonds is 4. The highest BCUT2D eigenvalue weighted by Gasteiger charge is 2.34. The molecule has 0 radical (unpaired) electrons. The average Bonchev–Trinajstić information content (AvgIpc) is 2.48. The van der Waals surface area contributed by atoms with Crippen LogP contribution in [0.3, 0.4) is 0 Å². The monoisotopic (exact) mass is 336 g/mol. The fourth-order valence-electron chi connectivity index (χ4n) is 2.57. The summed E-state index contributed by atoms with van der Waals surface area (Å²) in [6.45, 7) is 4.41. The summed E-state index contributed by atoms with van der Waals surface area (Å²) in [5, 5.41) is 0. The Morgan fingerprint density at radius 3 is 1.90 bits per heavy atom. The Hall–Kier alpha value is -0.350. The number of hydrogen-bond acceptors (Lipinski definition) is 5. The highest BCUT2D eigenvalue weighted by atomic mass is 32.2. The van der Waals surface area contributed by atoms with Crippen molar-refractivity contribution in [2.45, 2.75) is 0 Å². The number of carbonyl (C=O) groups excluding carboxylic acids is 1. The van der Waals surface area contributed by atoms with E-state index in [0.717, 1.165) is 13.1 Å². The van der Waals surface area contributed by atoms with Crippen molar-refractivity contribution in [3.63, 3.8) is 0 Å². The first kappa shape index (κ1) is 17.0. The molecule has 2 fully saturated rings. The van der Waals surface area contributed by atoms with Crippen molar-refractivity contribution in [3.05, 3.63) is 0 Å². The van der Waals surface area contributed by atoms with Gasteiger partial charge in [-0.25, -0.2) is 0 Å². The van der Waals surface area contributed by atoms with Crippen LogP contribution in [0.2, 0.25) is 0 Å². The van der Waals surface area contributed by atoms with Crippen LogP contribution < -0.4 is 0 Å². The smallest absolute Gasteiger partial charge is 0.282 e. The molecule has 2 saturated heterocycles. The van der Waals surface area contributed by atoms with Crippen LogP contribution in [0.1, 0.15) is 0 Å². The number of piperazine rings is 2. The highest BCUT2D eigenvalue weighted by Crippen LogP contribution is 2.14. The highest BCUT2D eigenvalue weighted by molar-refractivity contribution is 7.99. The van der Waals surface area contributed by atoms with Crippen molar-refractivity contribution in [2.24, 2.45) is 0 Å². The number of likely N-dealkylation sites (N-methyl/N-ethyl adjacent to an activating group) is 1. The van der Waals surface area contributed by atoms with Crippen molar-refractivity contribution < 1.29 is 13.2 Å². The number of thioether (sulfide) groups is 1. The Labute approximate surface area is 131 Å². The van der Waals surface area contributed by atoms with E-state index in [2.05, 4.69) is 4.90 Å². The van der Waals surface area contributed by atoms with Gasteiger partial charge in [-0.05, 0) is 13.3 Å². The lowest BCUT2D eigenvalue weighted by Crippen LogP contribution is -2.57. The molecule has 0 aliphatic carbocycles. The molecular formula is C12H24N4O3S2. The van der Waals surface area contributed by atoms with Crippen LogP contribution in [0.25, 0.3) is 0 Å². The summed E-state index contributed by atoms with van der Waals surface area (Å²) in [6, 6.07) is 0. The van der Waals surface area contributed by atoms with Gasteiger partial charge in [0.15, 0.2) is 0 Å². The molecule has 0 atom stereocenters. The van der Waals surface area contributed by atoms with Crippen molar-refractivity contribution >= 4 is 27.9 Å². The maximum Gasteiger partial charge on any atom is 0.282 e. The summed E-state index contributed by atoms with van der Waals surface area (Å²) in [7, 11) is -1.37. The van der Waals surface area contributed by atoms with E-state index in [1.807, 2.05) is 13.3 Å². The van der Waals surface area contributed by atoms with E-state index in [0.29, 0.717) is 45.0 Å². The molecule has 0 saturated carbocycles. The zero-order chi connectivity index (χ0) is 15.5. The van der Waals surface area contributed by atoms with Crippen molar-refractivity contribution in [3.8, 4) is 0 Å². The van der Waals surface area contributed by atoms with E-state index >= 15 is 0 Å². The molecular weight excluding hydrogens is 312 g/mol. The molecule has 2 heterocycles. The van der Waals surface area contributed by atoms with Crippen LogP contribution in [0, 0.1) is 0 Å². The Bertz CT molecular complexity index is 455. The molecule has 0 unspecified atom stereocenters. The molecule has 122 valence electrons. The second kappa shape index (κ2) is 7.28. The predicted molar refractivity (Wildman–Crippen MR) is 84.5 cm³/mol. The van der Waals surface area contributed by atoms with Crippen LogP contribution in [0.5, 0.6) is 0 Å². The maximum absolute atomic E-state index is 12.6. The SMILES string of the molecule is CSCC(=O)N1CCN(S(=O)(=O)N2CCN(C)CC2)CC1. The third-order valence-electron chi connectivity index (χ3n) is 3.97. The van der Waals surface area contributed by atoms with Gasteiger partial charge < -0.3 is 9.80 Å². The van der Waals surface area contributed by atoms with E-state index in [9.17, 15) is 13.2 Å². The molecule has 0 aromatic carbocycles. The summed E-state index contributed by atoms with van der Waals surface area (Å²) in [5.74, 6) is 0.560. The minimum absolute atomic E-state index is 0.0964. The zero-order valence-corrected chi connectivity index (χ0v) is 14.3. The van der Waals surface area contributed by atoms with Gasteiger partial charge in [-0.3, -0.25) is 4.79 Å². The first-order valence-electron chi connectivity index (χ1n) is 7.15. The lowest BCUT2D eigenvalue weighted by atomic mass is 10.3. The quantitative estimate of drug-likeness (QED) is 0.658. The van der Waals surface area contributed by atoms with E-state index in [-0.39, 0.29) is 5.91 Å². The summed E-state index contributed by atoms with van der Waals surface area (Å²) < 4.78 is 28.2. The van der Waals surface area contributed by atoms with Crippen LogP contribution in [0.4, 0.5) is 0 Å². The van der Waals surface area contributed by atoms with Gasteiger partial charge in [0.2, 0.25) is 5.91 Å². The van der Waals surface area contributed by atoms with Gasteiger partial charge in [0.1, 0.15) is 0 Å². The molecule has 9 heteroatoms. The molecule has 2 aliphatic heterocycles. The summed E-state index contributed by atoms with van der Waals surface area (Å²) >= 11 is 1.50. The fraction of sp³-hybridized carbons (Fsp3) is 0.917. The first-order chi connectivity index (χ1) is 9.95. The van der Waals surface area contributed by atoms with E-state index in [1.165, 1.54) is 16.1 Å². The molecule has 0 aromatic rings. The second-order valence-corrected chi connectivity index (χ2v) is 8.22. The predicted octanol–water partition coefficient (Wildman–Crippen LogP) is -1.01. The van der Waals surface area contributed by atoms with Gasteiger partial charge in [-0.2, -0.15) is 28.8 Å². The standard InChI is InChI=1S/C12H24N4O3S2/c1-13-3-7-15(8-4-13)21(18,19)16-9-5-14(6-10-16)12(17)11-20-2/h3-11H2,1-2H3. The van der Waals surface area contributed by atoms with Crippen LogP contribution in [0.15, 0.2) is 0 Å². The number of carbonyl (C=O) groups is 1. The van der Waals surface area contributed by atoms with E-state index < -0.39 is 10.2 Å². The maximum atomic E-state index is 12.6. The Kier molecular flexibility index (Phi) is 5.89. The van der Waals surface area contributed by atoms with Gasteiger partial charge in [0.25, 0.3) is 10.2 Å². The van der Waals surface area contributed by atoms with E-state index in [1.54, 1.807) is 9.21 Å². The second-order valence-electron chi connectivity index (χ2n) is 5.42. The van der Waals surface area contributed by atoms with Crippen molar-refractivity contribution in [1.29, 1.82) is 0 Å². The van der Waals surface area contributed by atoms with Crippen LogP contribution in [-0.4, -0.2) is 104 Å². The van der Waals surface area contributed by atoms with Gasteiger partial charge in [-0.15, -0.1) is 0 Å². The number of amides is 1. The van der Waals surface area contributed by atoms with Crippen molar-refractivity contribution in [1.82, 2.24) is 18.4 Å². The Morgan fingerprint density at radius 2 is 1.43 bits per heavy atom.